The number of halogens is 8. The summed E-state index contributed by atoms with van der Waals surface area (Å²) in [5, 5.41) is -0.491. The van der Waals surface area contributed by atoms with Crippen molar-refractivity contribution in [2.75, 3.05) is 6.54 Å². The van der Waals surface area contributed by atoms with E-state index in [1.54, 1.807) is 0 Å². The maximum Gasteiger partial charge on any atom is 0.534 e. The van der Waals surface area contributed by atoms with Crippen LogP contribution in [0.4, 0.5) is 26.3 Å². The fraction of sp³-hybridized carbons (Fsp3) is 0.500. The van der Waals surface area contributed by atoms with Crippen molar-refractivity contribution < 1.29 is 52.2 Å². The SMILES string of the molecule is O=C1[C@H](Cc2c(Cl)cc(OS(=O)(=O)C(F)(F)F)cc2Cl)CCN1C1CCc2ncn(S(=O)(=O)C(F)(F)F)c2C1. The minimum Gasteiger partial charge on any atom is -0.376 e. The number of hydrogen-bond acceptors (Lipinski definition) is 7. The Morgan fingerprint density at radius 2 is 1.62 bits per heavy atom. The highest BCUT2D eigenvalue weighted by molar-refractivity contribution is 7.90. The Balaban J connectivity index is 1.49. The van der Waals surface area contributed by atoms with Crippen LogP contribution >= 0.6 is 23.2 Å². The monoisotopic (exact) mass is 643 g/mol. The summed E-state index contributed by atoms with van der Waals surface area (Å²) in [5.41, 5.74) is -11.0. The van der Waals surface area contributed by atoms with Crippen LogP contribution in [0.2, 0.25) is 10.0 Å². The lowest BCUT2D eigenvalue weighted by atomic mass is 9.94. The summed E-state index contributed by atoms with van der Waals surface area (Å²) in [6.07, 6.45) is 1.10. The number of likely N-dealkylation sites (tertiary alicyclic amines) is 1. The third-order valence-electron chi connectivity index (χ3n) is 6.46. The fourth-order valence-electron chi connectivity index (χ4n) is 4.58. The van der Waals surface area contributed by atoms with Crippen molar-refractivity contribution in [2.45, 2.75) is 49.2 Å². The highest BCUT2D eigenvalue weighted by atomic mass is 35.5. The van der Waals surface area contributed by atoms with Gasteiger partial charge in [-0.15, -0.1) is 0 Å². The largest absolute Gasteiger partial charge is 0.534 e. The smallest absolute Gasteiger partial charge is 0.376 e. The van der Waals surface area contributed by atoms with Crippen LogP contribution in [0.5, 0.6) is 5.75 Å². The van der Waals surface area contributed by atoms with E-state index in [1.165, 1.54) is 4.90 Å². The first-order valence-corrected chi connectivity index (χ1v) is 14.6. The van der Waals surface area contributed by atoms with Crippen LogP contribution in [0.1, 0.15) is 29.8 Å². The van der Waals surface area contributed by atoms with Gasteiger partial charge in [0.05, 0.1) is 11.4 Å². The molecule has 1 aliphatic carbocycles. The third kappa shape index (κ3) is 5.54. The first-order valence-electron chi connectivity index (χ1n) is 11.0. The summed E-state index contributed by atoms with van der Waals surface area (Å²) in [6, 6.07) is 1.02. The molecule has 4 rings (SSSR count). The highest BCUT2D eigenvalue weighted by Gasteiger charge is 2.50. The number of fused-ring (bicyclic) bond motifs is 1. The summed E-state index contributed by atoms with van der Waals surface area (Å²) >= 11 is 12.2. The maximum absolute atomic E-state index is 13.2. The predicted molar refractivity (Wildman–Crippen MR) is 124 cm³/mol. The van der Waals surface area contributed by atoms with Crippen LogP contribution in [-0.2, 0) is 44.2 Å². The average molecular weight is 644 g/mol. The Morgan fingerprint density at radius 1 is 1.00 bits per heavy atom. The molecular weight excluding hydrogens is 627 g/mol. The van der Waals surface area contributed by atoms with Gasteiger partial charge in [0.25, 0.3) is 0 Å². The molecule has 2 heterocycles. The average Bonchev–Trinajstić information content (AvgIpc) is 3.37. The number of nitrogens with zero attached hydrogens (tertiary/aromatic N) is 3. The minimum absolute atomic E-state index is 0.0718. The Labute approximate surface area is 227 Å². The van der Waals surface area contributed by atoms with Crippen molar-refractivity contribution in [2.24, 2.45) is 5.92 Å². The number of imidazole rings is 1. The predicted octanol–water partition coefficient (Wildman–Crippen LogP) is 4.06. The van der Waals surface area contributed by atoms with Gasteiger partial charge in [-0.3, -0.25) is 4.79 Å². The molecule has 0 saturated carbocycles. The van der Waals surface area contributed by atoms with Crippen molar-refractivity contribution in [1.82, 2.24) is 13.9 Å². The van der Waals surface area contributed by atoms with Gasteiger partial charge in [0.2, 0.25) is 5.91 Å². The Morgan fingerprint density at radius 3 is 2.18 bits per heavy atom. The molecule has 1 saturated heterocycles. The van der Waals surface area contributed by atoms with Gasteiger partial charge in [-0.25, -0.2) is 8.96 Å². The number of alkyl halides is 6. The number of aromatic nitrogens is 2. The van der Waals surface area contributed by atoms with Crippen LogP contribution in [0, 0.1) is 5.92 Å². The molecule has 216 valence electrons. The fourth-order valence-corrected chi connectivity index (χ4v) is 6.51. The lowest BCUT2D eigenvalue weighted by Gasteiger charge is -2.31. The summed E-state index contributed by atoms with van der Waals surface area (Å²) in [7, 11) is -11.7. The summed E-state index contributed by atoms with van der Waals surface area (Å²) in [6.45, 7) is 0.198. The van der Waals surface area contributed by atoms with Gasteiger partial charge in [0, 0.05) is 47.1 Å². The minimum atomic E-state index is -5.97. The molecule has 2 atom stereocenters. The Bertz CT molecular complexity index is 1500. The first kappa shape index (κ1) is 29.7. The normalized spacial score (nSPS) is 20.8. The van der Waals surface area contributed by atoms with Gasteiger partial charge in [-0.05, 0) is 31.2 Å². The molecule has 1 aromatic heterocycles. The molecule has 2 aliphatic rings. The molecule has 1 aliphatic heterocycles. The lowest BCUT2D eigenvalue weighted by molar-refractivity contribution is -0.133. The number of rotatable bonds is 6. The van der Waals surface area contributed by atoms with Crippen molar-refractivity contribution in [3.63, 3.8) is 0 Å². The number of carbonyl (C=O) groups is 1. The van der Waals surface area contributed by atoms with Gasteiger partial charge >= 0.3 is 31.2 Å². The van der Waals surface area contributed by atoms with E-state index in [1.807, 2.05) is 0 Å². The quantitative estimate of drug-likeness (QED) is 0.265. The summed E-state index contributed by atoms with van der Waals surface area (Å²) < 4.78 is 128. The van der Waals surface area contributed by atoms with E-state index >= 15 is 0 Å². The van der Waals surface area contributed by atoms with E-state index in [0.29, 0.717) is 12.7 Å². The van der Waals surface area contributed by atoms with Crippen LogP contribution in [-0.4, -0.2) is 60.2 Å². The third-order valence-corrected chi connectivity index (χ3v) is 9.53. The van der Waals surface area contributed by atoms with Gasteiger partial charge in [0.15, 0.2) is 0 Å². The van der Waals surface area contributed by atoms with E-state index in [9.17, 15) is 48.0 Å². The van der Waals surface area contributed by atoms with E-state index in [2.05, 4.69) is 9.17 Å². The summed E-state index contributed by atoms with van der Waals surface area (Å²) in [4.78, 5) is 18.4. The second kappa shape index (κ2) is 9.99. The molecule has 0 N–H and O–H groups in total. The zero-order chi connectivity index (χ0) is 29.1. The highest BCUT2D eigenvalue weighted by Crippen LogP contribution is 2.38. The Kier molecular flexibility index (Phi) is 7.62. The van der Waals surface area contributed by atoms with Crippen LogP contribution in [0.15, 0.2) is 18.5 Å². The number of benzene rings is 1. The molecule has 19 heteroatoms. The first-order chi connectivity index (χ1) is 17.8. The molecule has 39 heavy (non-hydrogen) atoms. The van der Waals surface area contributed by atoms with Crippen molar-refractivity contribution in [3.05, 3.63) is 45.5 Å². The van der Waals surface area contributed by atoms with Gasteiger partial charge in [-0.1, -0.05) is 23.2 Å². The molecule has 2 aromatic rings. The molecule has 1 amide bonds. The van der Waals surface area contributed by atoms with E-state index in [0.717, 1.165) is 12.1 Å². The maximum atomic E-state index is 13.2. The molecule has 9 nitrogen and oxygen atoms in total. The number of amides is 1. The number of carbonyl (C=O) groups excluding carboxylic acids is 1. The molecular formula is C20H17Cl2F6N3O6S2. The van der Waals surface area contributed by atoms with Crippen molar-refractivity contribution >= 4 is 49.3 Å². The zero-order valence-electron chi connectivity index (χ0n) is 19.3. The number of aryl methyl sites for hydroxylation is 1. The second-order valence-corrected chi connectivity index (χ2v) is 13.0. The van der Waals surface area contributed by atoms with E-state index in [4.69, 9.17) is 23.2 Å². The van der Waals surface area contributed by atoms with Crippen molar-refractivity contribution in [1.29, 1.82) is 0 Å². The Hall–Kier alpha value is -2.24. The molecule has 1 fully saturated rings. The van der Waals surface area contributed by atoms with Crippen LogP contribution in [0.25, 0.3) is 0 Å². The van der Waals surface area contributed by atoms with E-state index in [-0.39, 0.29) is 63.2 Å². The molecule has 0 bridgehead atoms. The zero-order valence-corrected chi connectivity index (χ0v) is 22.4. The molecule has 0 spiro atoms. The van der Waals surface area contributed by atoms with Crippen molar-refractivity contribution in [3.8, 4) is 5.75 Å². The molecule has 1 unspecified atom stereocenters. The van der Waals surface area contributed by atoms with Gasteiger partial charge in [0.1, 0.15) is 12.1 Å². The van der Waals surface area contributed by atoms with Gasteiger partial charge < -0.3 is 9.08 Å². The molecule has 0 radical (unpaired) electrons. The molecule has 1 aromatic carbocycles. The van der Waals surface area contributed by atoms with Gasteiger partial charge in [-0.2, -0.15) is 43.2 Å². The lowest BCUT2D eigenvalue weighted by Crippen LogP contribution is -2.42. The topological polar surface area (TPSA) is 116 Å². The van der Waals surface area contributed by atoms with Crippen LogP contribution < -0.4 is 4.18 Å². The van der Waals surface area contributed by atoms with E-state index < -0.39 is 54.8 Å². The summed E-state index contributed by atoms with van der Waals surface area (Å²) in [5.74, 6) is -1.90. The second-order valence-electron chi connectivity index (χ2n) is 8.85. The standard InChI is InChI=1S/C20H17Cl2F6N3O6S2/c21-14-7-12(37-39(35,36)20(26,27)28)8-15(22)13(14)5-10-3-4-30(18(10)32)11-1-2-16-17(6-11)31(9-29-16)38(33,34)19(23,24)25/h7-11H,1-6H2/t10-,11?/m0/s1. The van der Waals surface area contributed by atoms with Crippen LogP contribution in [0.3, 0.4) is 0 Å². The number of hydrogen-bond donors (Lipinski definition) is 0.